The summed E-state index contributed by atoms with van der Waals surface area (Å²) in [6.07, 6.45) is 13.6. The van der Waals surface area contributed by atoms with Gasteiger partial charge >= 0.3 is 0 Å². The molecule has 1 aromatic carbocycles. The molecule has 0 amide bonds. The third kappa shape index (κ3) is 6.54. The van der Waals surface area contributed by atoms with E-state index in [0.29, 0.717) is 11.5 Å². The molecule has 0 saturated carbocycles. The molecular formula is C35H39FN8. The number of H-pyrrole nitrogens is 2. The molecular weight excluding hydrogens is 551 g/mol. The highest BCUT2D eigenvalue weighted by Gasteiger charge is 2.19. The second-order valence-corrected chi connectivity index (χ2v) is 11.9. The van der Waals surface area contributed by atoms with E-state index in [2.05, 4.69) is 59.7 Å². The predicted molar refractivity (Wildman–Crippen MR) is 175 cm³/mol. The van der Waals surface area contributed by atoms with Gasteiger partial charge in [-0.3, -0.25) is 10.1 Å². The van der Waals surface area contributed by atoms with Gasteiger partial charge in [-0.05, 0) is 107 Å². The number of hydrogen-bond acceptors (Lipinski definition) is 6. The molecule has 9 heteroatoms. The van der Waals surface area contributed by atoms with Gasteiger partial charge in [0.05, 0.1) is 11.1 Å². The van der Waals surface area contributed by atoms with Crippen LogP contribution in [-0.4, -0.2) is 73.7 Å². The number of aromatic nitrogens is 6. The summed E-state index contributed by atoms with van der Waals surface area (Å²) in [6, 6.07) is 9.51. The number of nitrogens with one attached hydrogen (secondary N) is 2. The average molecular weight is 591 g/mol. The van der Waals surface area contributed by atoms with Gasteiger partial charge in [-0.2, -0.15) is 5.10 Å². The number of likely N-dealkylation sites (tertiary alicyclic amines) is 1. The molecule has 0 unspecified atom stereocenters. The van der Waals surface area contributed by atoms with Gasteiger partial charge in [0.25, 0.3) is 0 Å². The van der Waals surface area contributed by atoms with Crippen molar-refractivity contribution < 1.29 is 4.39 Å². The lowest BCUT2D eigenvalue weighted by Gasteiger charge is -2.14. The Morgan fingerprint density at radius 3 is 2.66 bits per heavy atom. The summed E-state index contributed by atoms with van der Waals surface area (Å²) in [5, 5.41) is 8.42. The standard InChI is InChI=1S/C35H39FN8/c1-5-9-30(26-14-24(16-29(36)17-26)10-8-13-44-11-6-7-12-44)32-23(2)39-35(40-32)33-31-18-28(21-38-34(31)42-41-33)27-15-25(19-37-20-27)22-43(3)4/h5,9,14-21H,1,6-8,10-13,22H2,2-4H3,(H,39,40)(H,38,41,42)/b30-9-. The molecule has 1 aliphatic rings. The van der Waals surface area contributed by atoms with Crippen LogP contribution < -0.4 is 0 Å². The van der Waals surface area contributed by atoms with Crippen LogP contribution in [0.4, 0.5) is 4.39 Å². The second kappa shape index (κ2) is 13.0. The van der Waals surface area contributed by atoms with Crippen molar-refractivity contribution in [2.24, 2.45) is 0 Å². The Morgan fingerprint density at radius 2 is 1.86 bits per heavy atom. The van der Waals surface area contributed by atoms with E-state index in [0.717, 1.165) is 81.8 Å². The molecule has 0 spiro atoms. The van der Waals surface area contributed by atoms with Crippen LogP contribution in [-0.2, 0) is 13.0 Å². The fourth-order valence-electron chi connectivity index (χ4n) is 6.07. The van der Waals surface area contributed by atoms with Crippen molar-refractivity contribution >= 4 is 16.6 Å². The van der Waals surface area contributed by atoms with Gasteiger partial charge in [0.1, 0.15) is 11.5 Å². The zero-order chi connectivity index (χ0) is 30.6. The Balaban J connectivity index is 1.30. The molecule has 0 aliphatic carbocycles. The van der Waals surface area contributed by atoms with Crippen LogP contribution in [0.3, 0.4) is 0 Å². The van der Waals surface area contributed by atoms with E-state index in [1.807, 2.05) is 45.7 Å². The number of nitrogens with zero attached hydrogens (tertiary/aromatic N) is 6. The minimum absolute atomic E-state index is 0.246. The first-order chi connectivity index (χ1) is 21.4. The van der Waals surface area contributed by atoms with E-state index in [1.165, 1.54) is 25.9 Å². The van der Waals surface area contributed by atoms with Gasteiger partial charge in [-0.1, -0.05) is 24.8 Å². The van der Waals surface area contributed by atoms with Crippen LogP contribution in [0.25, 0.3) is 39.3 Å². The first-order valence-corrected chi connectivity index (χ1v) is 15.2. The lowest BCUT2D eigenvalue weighted by Crippen LogP contribution is -2.20. The highest BCUT2D eigenvalue weighted by molar-refractivity contribution is 5.92. The van der Waals surface area contributed by atoms with E-state index < -0.39 is 0 Å². The number of allylic oxidation sites excluding steroid dienone is 2. The summed E-state index contributed by atoms with van der Waals surface area (Å²) in [7, 11) is 4.08. The van der Waals surface area contributed by atoms with Crippen molar-refractivity contribution in [1.82, 2.24) is 39.9 Å². The van der Waals surface area contributed by atoms with Crippen molar-refractivity contribution in [3.05, 3.63) is 102 Å². The first-order valence-electron chi connectivity index (χ1n) is 15.2. The minimum atomic E-state index is -0.246. The first kappa shape index (κ1) is 29.6. The normalized spacial score (nSPS) is 14.2. The Hall–Kier alpha value is -4.47. The van der Waals surface area contributed by atoms with Crippen LogP contribution in [0, 0.1) is 12.7 Å². The topological polar surface area (TPSA) is 89.6 Å². The van der Waals surface area contributed by atoms with Gasteiger partial charge in [-0.15, -0.1) is 0 Å². The maximum absolute atomic E-state index is 14.9. The molecule has 6 rings (SSSR count). The third-order valence-electron chi connectivity index (χ3n) is 8.10. The lowest BCUT2D eigenvalue weighted by molar-refractivity contribution is 0.334. The highest BCUT2D eigenvalue weighted by Crippen LogP contribution is 2.32. The Kier molecular flexibility index (Phi) is 8.77. The number of halogens is 1. The Morgan fingerprint density at radius 1 is 1.05 bits per heavy atom. The fraction of sp³-hybridized carbons (Fsp3) is 0.314. The summed E-state index contributed by atoms with van der Waals surface area (Å²) in [6.45, 7) is 10.1. The molecule has 0 bridgehead atoms. The monoisotopic (exact) mass is 590 g/mol. The van der Waals surface area contributed by atoms with Gasteiger partial charge < -0.3 is 14.8 Å². The molecule has 1 saturated heterocycles. The predicted octanol–water partition coefficient (Wildman–Crippen LogP) is 6.57. The maximum Gasteiger partial charge on any atom is 0.181 e. The molecule has 1 fully saturated rings. The molecule has 0 radical (unpaired) electrons. The molecule has 4 aromatic heterocycles. The van der Waals surface area contributed by atoms with Gasteiger partial charge in [0, 0.05) is 47.5 Å². The maximum atomic E-state index is 14.9. The van der Waals surface area contributed by atoms with Gasteiger partial charge in [0.2, 0.25) is 0 Å². The van der Waals surface area contributed by atoms with Crippen molar-refractivity contribution in [3.63, 3.8) is 0 Å². The third-order valence-corrected chi connectivity index (χ3v) is 8.10. The number of fused-ring (bicyclic) bond motifs is 1. The summed E-state index contributed by atoms with van der Waals surface area (Å²) in [5.74, 6) is 0.389. The number of benzene rings is 1. The van der Waals surface area contributed by atoms with E-state index in [4.69, 9.17) is 4.98 Å². The van der Waals surface area contributed by atoms with Crippen molar-refractivity contribution in [3.8, 4) is 22.6 Å². The van der Waals surface area contributed by atoms with E-state index in [9.17, 15) is 4.39 Å². The largest absolute Gasteiger partial charge is 0.340 e. The Bertz CT molecular complexity index is 1810. The number of imidazole rings is 1. The molecule has 44 heavy (non-hydrogen) atoms. The minimum Gasteiger partial charge on any atom is -0.340 e. The number of aryl methyl sites for hydroxylation is 2. The summed E-state index contributed by atoms with van der Waals surface area (Å²) in [5.41, 5.74) is 8.58. The van der Waals surface area contributed by atoms with E-state index >= 15 is 0 Å². The average Bonchev–Trinajstić information content (AvgIpc) is 3.75. The molecule has 1 aliphatic heterocycles. The quantitative estimate of drug-likeness (QED) is 0.169. The number of hydrogen-bond donors (Lipinski definition) is 2. The summed E-state index contributed by atoms with van der Waals surface area (Å²) < 4.78 is 14.9. The van der Waals surface area contributed by atoms with Gasteiger partial charge in [-0.25, -0.2) is 14.4 Å². The van der Waals surface area contributed by atoms with Crippen LogP contribution >= 0.6 is 0 Å². The van der Waals surface area contributed by atoms with Crippen LogP contribution in [0.5, 0.6) is 0 Å². The fourth-order valence-corrected chi connectivity index (χ4v) is 6.07. The molecule has 8 nitrogen and oxygen atoms in total. The zero-order valence-electron chi connectivity index (χ0n) is 25.7. The van der Waals surface area contributed by atoms with Crippen molar-refractivity contribution in [2.75, 3.05) is 33.7 Å². The molecule has 5 heterocycles. The smallest absolute Gasteiger partial charge is 0.181 e. The molecule has 226 valence electrons. The van der Waals surface area contributed by atoms with Crippen LogP contribution in [0.1, 0.15) is 47.3 Å². The zero-order valence-corrected chi connectivity index (χ0v) is 25.7. The van der Waals surface area contributed by atoms with E-state index in [-0.39, 0.29) is 5.82 Å². The number of rotatable bonds is 11. The van der Waals surface area contributed by atoms with Crippen LogP contribution in [0.15, 0.2) is 67.7 Å². The Labute approximate surface area is 257 Å². The second-order valence-electron chi connectivity index (χ2n) is 11.9. The molecule has 2 N–H and O–H groups in total. The lowest BCUT2D eigenvalue weighted by atomic mass is 9.97. The highest BCUT2D eigenvalue weighted by atomic mass is 19.1. The summed E-state index contributed by atoms with van der Waals surface area (Å²) in [4.78, 5) is 22.1. The molecule has 0 atom stereocenters. The van der Waals surface area contributed by atoms with E-state index in [1.54, 1.807) is 18.2 Å². The van der Waals surface area contributed by atoms with Crippen molar-refractivity contribution in [1.29, 1.82) is 0 Å². The van der Waals surface area contributed by atoms with Crippen LogP contribution in [0.2, 0.25) is 0 Å². The van der Waals surface area contributed by atoms with Crippen molar-refractivity contribution in [2.45, 2.75) is 39.2 Å². The number of pyridine rings is 2. The summed E-state index contributed by atoms with van der Waals surface area (Å²) >= 11 is 0. The SMILES string of the molecule is C=C/C=C(/c1cc(F)cc(CCCN2CCCC2)c1)c1nc(-c2[nH]nc3ncc(-c4cncc(CN(C)C)c4)cc23)[nH]c1C. The molecule has 5 aromatic rings. The number of aromatic amines is 2. The van der Waals surface area contributed by atoms with Gasteiger partial charge in [0.15, 0.2) is 11.5 Å².